The van der Waals surface area contributed by atoms with Crippen molar-refractivity contribution in [2.75, 3.05) is 0 Å². The summed E-state index contributed by atoms with van der Waals surface area (Å²) >= 11 is 0. The number of carbonyl (C=O) groups is 5. The third-order valence-corrected chi connectivity index (χ3v) is 7.45. The van der Waals surface area contributed by atoms with Crippen LogP contribution in [-0.4, -0.2) is 58.6 Å². The van der Waals surface area contributed by atoms with Crippen LogP contribution in [0.5, 0.6) is 0 Å². The Hall–Kier alpha value is -3.69. The molecule has 10 nitrogen and oxygen atoms in total. The fourth-order valence-electron chi connectivity index (χ4n) is 5.20. The second-order valence-electron chi connectivity index (χ2n) is 11.5. The molecule has 0 spiro atoms. The highest BCUT2D eigenvalue weighted by Gasteiger charge is 2.32. The average Bonchev–Trinajstić information content (AvgIpc) is 3.33. The number of fused-ring (bicyclic) bond motifs is 1. The van der Waals surface area contributed by atoms with Gasteiger partial charge in [-0.3, -0.25) is 24.0 Å². The molecular formula is C31H45N5O5. The molecule has 2 heterocycles. The van der Waals surface area contributed by atoms with E-state index >= 15 is 0 Å². The second-order valence-corrected chi connectivity index (χ2v) is 11.5. The van der Waals surface area contributed by atoms with Crippen LogP contribution in [0.25, 0.3) is 10.9 Å². The number of hydrogen-bond donors (Lipinski definition) is 5. The Labute approximate surface area is 242 Å². The Morgan fingerprint density at radius 3 is 2.29 bits per heavy atom. The SMILES string of the molecule is CCC(=O)CCCCC[C@@H]1NC(=O)C[C@H](C)NC(=O)[C@H](CC(C)C)NC(=O)[C@H](Cc2c[nH]c3ccccc23)NC1=O. The summed E-state index contributed by atoms with van der Waals surface area (Å²) < 4.78 is 0. The number of Topliss-reactive ketones (excluding diaryl/α,β-unsaturated/α-hetero) is 1. The smallest absolute Gasteiger partial charge is 0.243 e. The number of aromatic nitrogens is 1. The van der Waals surface area contributed by atoms with Gasteiger partial charge in [0.15, 0.2) is 0 Å². The van der Waals surface area contributed by atoms with Gasteiger partial charge < -0.3 is 26.3 Å². The van der Waals surface area contributed by atoms with Crippen LogP contribution in [0.1, 0.15) is 84.6 Å². The number of para-hydroxylation sites is 1. The van der Waals surface area contributed by atoms with E-state index < -0.39 is 36.0 Å². The van der Waals surface area contributed by atoms with E-state index in [1.54, 1.807) is 6.92 Å². The third kappa shape index (κ3) is 9.72. The first-order valence-electron chi connectivity index (χ1n) is 14.8. The molecule has 5 N–H and O–H groups in total. The molecular weight excluding hydrogens is 522 g/mol. The minimum atomic E-state index is -0.969. The minimum Gasteiger partial charge on any atom is -0.361 e. The molecule has 1 saturated heterocycles. The molecule has 224 valence electrons. The highest BCUT2D eigenvalue weighted by molar-refractivity contribution is 5.95. The molecule has 41 heavy (non-hydrogen) atoms. The molecule has 0 aliphatic carbocycles. The Bertz CT molecular complexity index is 1220. The molecule has 1 fully saturated rings. The van der Waals surface area contributed by atoms with E-state index in [9.17, 15) is 24.0 Å². The van der Waals surface area contributed by atoms with Crippen LogP contribution in [0.2, 0.25) is 0 Å². The normalized spacial score (nSPS) is 22.7. The van der Waals surface area contributed by atoms with E-state index in [0.29, 0.717) is 32.1 Å². The van der Waals surface area contributed by atoms with E-state index in [1.165, 1.54) is 0 Å². The number of carbonyl (C=O) groups excluding carboxylic acids is 5. The Kier molecular flexibility index (Phi) is 11.9. The number of ketones is 1. The molecule has 1 aromatic heterocycles. The maximum absolute atomic E-state index is 13.7. The van der Waals surface area contributed by atoms with E-state index in [4.69, 9.17) is 0 Å². The summed E-state index contributed by atoms with van der Waals surface area (Å²) in [6.07, 6.45) is 5.92. The number of H-pyrrole nitrogens is 1. The van der Waals surface area contributed by atoms with Crippen LogP contribution in [0.4, 0.5) is 0 Å². The van der Waals surface area contributed by atoms with Crippen molar-refractivity contribution in [1.82, 2.24) is 26.3 Å². The van der Waals surface area contributed by atoms with Crippen molar-refractivity contribution < 1.29 is 24.0 Å². The number of benzene rings is 1. The molecule has 4 amide bonds. The summed E-state index contributed by atoms with van der Waals surface area (Å²) in [5.74, 6) is -1.29. The largest absolute Gasteiger partial charge is 0.361 e. The van der Waals surface area contributed by atoms with Gasteiger partial charge in [0.05, 0.1) is 0 Å². The van der Waals surface area contributed by atoms with Gasteiger partial charge in [-0.15, -0.1) is 0 Å². The standard InChI is InChI=1S/C31H45N5O5/c1-5-22(37)11-7-6-8-14-25-29(39)36-27(17-21-18-32-24-13-10-9-12-23(21)24)31(41)35-26(15-19(2)3)30(40)33-20(4)16-28(38)34-25/h9-10,12-13,18-20,25-27,32H,5-8,11,14-17H2,1-4H3,(H,33,40)(H,34,38)(H,35,41)(H,36,39)/t20-,25-,26-,27-/m0/s1. The summed E-state index contributed by atoms with van der Waals surface area (Å²) in [7, 11) is 0. The molecule has 1 aliphatic rings. The topological polar surface area (TPSA) is 149 Å². The molecule has 0 unspecified atom stereocenters. The first-order chi connectivity index (χ1) is 19.6. The quantitative estimate of drug-likeness (QED) is 0.265. The van der Waals surface area contributed by atoms with Gasteiger partial charge in [0.1, 0.15) is 23.9 Å². The maximum Gasteiger partial charge on any atom is 0.243 e. The second kappa shape index (κ2) is 15.3. The fourth-order valence-corrected chi connectivity index (χ4v) is 5.20. The monoisotopic (exact) mass is 567 g/mol. The highest BCUT2D eigenvalue weighted by atomic mass is 16.2. The van der Waals surface area contributed by atoms with Crippen molar-refractivity contribution in [2.45, 2.75) is 110 Å². The summed E-state index contributed by atoms with van der Waals surface area (Å²) in [4.78, 5) is 68.1. The lowest BCUT2D eigenvalue weighted by Crippen LogP contribution is -2.57. The Morgan fingerprint density at radius 2 is 1.56 bits per heavy atom. The fraction of sp³-hybridized carbons (Fsp3) is 0.581. The number of amides is 4. The van der Waals surface area contributed by atoms with Crippen molar-refractivity contribution >= 4 is 40.3 Å². The predicted octanol–water partition coefficient (Wildman–Crippen LogP) is 3.05. The van der Waals surface area contributed by atoms with E-state index in [2.05, 4.69) is 26.3 Å². The van der Waals surface area contributed by atoms with Crippen molar-refractivity contribution in [3.05, 3.63) is 36.0 Å². The number of rotatable bonds is 11. The van der Waals surface area contributed by atoms with Crippen LogP contribution < -0.4 is 21.3 Å². The molecule has 0 bridgehead atoms. The van der Waals surface area contributed by atoms with Crippen LogP contribution in [-0.2, 0) is 30.4 Å². The van der Waals surface area contributed by atoms with E-state index in [-0.39, 0.29) is 36.4 Å². The molecule has 2 aromatic rings. The van der Waals surface area contributed by atoms with Gasteiger partial charge in [-0.25, -0.2) is 0 Å². The van der Waals surface area contributed by atoms with Crippen molar-refractivity contribution in [3.63, 3.8) is 0 Å². The molecule has 1 aromatic carbocycles. The predicted molar refractivity (Wildman–Crippen MR) is 158 cm³/mol. The Balaban J connectivity index is 1.86. The number of hydrogen-bond acceptors (Lipinski definition) is 5. The van der Waals surface area contributed by atoms with Crippen molar-refractivity contribution in [1.29, 1.82) is 0 Å². The highest BCUT2D eigenvalue weighted by Crippen LogP contribution is 2.20. The number of aromatic amines is 1. The zero-order chi connectivity index (χ0) is 29.9. The van der Waals surface area contributed by atoms with Gasteiger partial charge in [0.25, 0.3) is 0 Å². The van der Waals surface area contributed by atoms with Gasteiger partial charge in [0, 0.05) is 48.8 Å². The number of nitrogens with one attached hydrogen (secondary N) is 5. The lowest BCUT2D eigenvalue weighted by Gasteiger charge is -2.25. The van der Waals surface area contributed by atoms with Crippen LogP contribution in [0.15, 0.2) is 30.5 Å². The van der Waals surface area contributed by atoms with Gasteiger partial charge in [-0.1, -0.05) is 51.8 Å². The Morgan fingerprint density at radius 1 is 0.878 bits per heavy atom. The summed E-state index contributed by atoms with van der Waals surface area (Å²) in [6.45, 7) is 7.49. The first kappa shape index (κ1) is 31.8. The maximum atomic E-state index is 13.7. The molecule has 3 rings (SSSR count). The molecule has 0 radical (unpaired) electrons. The van der Waals surface area contributed by atoms with Gasteiger partial charge in [-0.2, -0.15) is 0 Å². The summed E-state index contributed by atoms with van der Waals surface area (Å²) in [5, 5.41) is 12.4. The molecule has 0 saturated carbocycles. The van der Waals surface area contributed by atoms with Crippen LogP contribution >= 0.6 is 0 Å². The summed E-state index contributed by atoms with van der Waals surface area (Å²) in [6, 6.07) is 4.60. The van der Waals surface area contributed by atoms with Gasteiger partial charge in [-0.05, 0) is 43.7 Å². The zero-order valence-electron chi connectivity index (χ0n) is 24.7. The van der Waals surface area contributed by atoms with Crippen molar-refractivity contribution in [3.8, 4) is 0 Å². The van der Waals surface area contributed by atoms with Crippen LogP contribution in [0, 0.1) is 5.92 Å². The van der Waals surface area contributed by atoms with Crippen LogP contribution in [0.3, 0.4) is 0 Å². The van der Waals surface area contributed by atoms with E-state index in [1.807, 2.05) is 51.2 Å². The zero-order valence-corrected chi connectivity index (χ0v) is 24.7. The minimum absolute atomic E-state index is 0.00162. The van der Waals surface area contributed by atoms with Crippen molar-refractivity contribution in [2.24, 2.45) is 5.92 Å². The number of unbranched alkanes of at least 4 members (excludes halogenated alkanes) is 2. The lowest BCUT2D eigenvalue weighted by atomic mass is 10.00. The van der Waals surface area contributed by atoms with E-state index in [0.717, 1.165) is 29.3 Å². The third-order valence-electron chi connectivity index (χ3n) is 7.45. The molecule has 4 atom stereocenters. The van der Waals surface area contributed by atoms with Gasteiger partial charge >= 0.3 is 0 Å². The summed E-state index contributed by atoms with van der Waals surface area (Å²) in [5.41, 5.74) is 1.77. The lowest BCUT2D eigenvalue weighted by molar-refractivity contribution is -0.133. The van der Waals surface area contributed by atoms with Gasteiger partial charge in [0.2, 0.25) is 23.6 Å². The molecule has 1 aliphatic heterocycles. The molecule has 10 heteroatoms. The average molecular weight is 568 g/mol. The first-order valence-corrected chi connectivity index (χ1v) is 14.8.